The van der Waals surface area contributed by atoms with E-state index in [9.17, 15) is 0 Å². The lowest BCUT2D eigenvalue weighted by Gasteiger charge is -2.25. The molecule has 0 spiro atoms. The summed E-state index contributed by atoms with van der Waals surface area (Å²) >= 11 is 3.33. The molecule has 0 amide bonds. The second-order valence-corrected chi connectivity index (χ2v) is 4.76. The normalized spacial score (nSPS) is 11.5. The standard InChI is InChI=1S/C10H17BrN4O/c1-4-16-10(2,3)5-13-9-7(11)8(12)14-6-15-9/h6H,4-5H2,1-3H3,(H3,12,13,14,15). The van der Waals surface area contributed by atoms with Gasteiger partial charge in [0.05, 0.1) is 5.60 Å². The van der Waals surface area contributed by atoms with Crippen LogP contribution in [0.5, 0.6) is 0 Å². The number of hydrogen-bond donors (Lipinski definition) is 2. The predicted molar refractivity (Wildman–Crippen MR) is 68.3 cm³/mol. The van der Waals surface area contributed by atoms with Crippen molar-refractivity contribution in [2.24, 2.45) is 0 Å². The van der Waals surface area contributed by atoms with Crippen LogP contribution in [0.1, 0.15) is 20.8 Å². The molecule has 0 radical (unpaired) electrons. The number of halogens is 1. The molecule has 0 aromatic carbocycles. The van der Waals surface area contributed by atoms with Crippen LogP contribution in [0, 0.1) is 0 Å². The van der Waals surface area contributed by atoms with Gasteiger partial charge in [0.1, 0.15) is 22.4 Å². The Morgan fingerprint density at radius 3 is 2.81 bits per heavy atom. The summed E-state index contributed by atoms with van der Waals surface area (Å²) in [6.45, 7) is 7.34. The molecule has 3 N–H and O–H groups in total. The van der Waals surface area contributed by atoms with E-state index in [0.717, 1.165) is 0 Å². The van der Waals surface area contributed by atoms with Crippen LogP contribution in [0.2, 0.25) is 0 Å². The first-order valence-electron chi connectivity index (χ1n) is 5.10. The Bertz CT molecular complexity index is 357. The van der Waals surface area contributed by atoms with Crippen molar-refractivity contribution in [2.75, 3.05) is 24.2 Å². The highest BCUT2D eigenvalue weighted by Gasteiger charge is 2.18. The smallest absolute Gasteiger partial charge is 0.146 e. The first kappa shape index (κ1) is 13.2. The fourth-order valence-electron chi connectivity index (χ4n) is 1.25. The zero-order valence-electron chi connectivity index (χ0n) is 9.75. The van der Waals surface area contributed by atoms with Crippen LogP contribution in [0.25, 0.3) is 0 Å². The number of nitrogen functional groups attached to an aromatic ring is 1. The molecular weight excluding hydrogens is 272 g/mol. The van der Waals surface area contributed by atoms with Gasteiger partial charge in [-0.1, -0.05) is 0 Å². The highest BCUT2D eigenvalue weighted by Crippen LogP contribution is 2.24. The van der Waals surface area contributed by atoms with E-state index < -0.39 is 0 Å². The molecule has 0 aliphatic carbocycles. The Hall–Kier alpha value is -0.880. The number of nitrogens with zero attached hydrogens (tertiary/aromatic N) is 2. The largest absolute Gasteiger partial charge is 0.383 e. The van der Waals surface area contributed by atoms with E-state index in [-0.39, 0.29) is 5.60 Å². The molecule has 16 heavy (non-hydrogen) atoms. The van der Waals surface area contributed by atoms with Gasteiger partial charge >= 0.3 is 0 Å². The molecule has 5 nitrogen and oxygen atoms in total. The van der Waals surface area contributed by atoms with E-state index in [0.29, 0.717) is 29.3 Å². The van der Waals surface area contributed by atoms with Crippen molar-refractivity contribution in [3.8, 4) is 0 Å². The fraction of sp³-hybridized carbons (Fsp3) is 0.600. The summed E-state index contributed by atoms with van der Waals surface area (Å²) in [6, 6.07) is 0. The van der Waals surface area contributed by atoms with Gasteiger partial charge in [0.15, 0.2) is 0 Å². The molecule has 1 aromatic heterocycles. The third-order valence-corrected chi connectivity index (χ3v) is 2.81. The van der Waals surface area contributed by atoms with Crippen molar-refractivity contribution in [2.45, 2.75) is 26.4 Å². The SMILES string of the molecule is CCOC(C)(C)CNc1ncnc(N)c1Br. The van der Waals surface area contributed by atoms with E-state index in [1.807, 2.05) is 20.8 Å². The van der Waals surface area contributed by atoms with Gasteiger partial charge in [-0.25, -0.2) is 9.97 Å². The molecule has 0 fully saturated rings. The first-order chi connectivity index (χ1) is 7.46. The highest BCUT2D eigenvalue weighted by atomic mass is 79.9. The molecule has 1 aromatic rings. The molecule has 1 rings (SSSR count). The Morgan fingerprint density at radius 1 is 1.50 bits per heavy atom. The number of nitrogens with one attached hydrogen (secondary N) is 1. The van der Waals surface area contributed by atoms with Crippen LogP contribution in [-0.2, 0) is 4.74 Å². The molecule has 0 bridgehead atoms. The maximum atomic E-state index is 5.65. The molecule has 0 unspecified atom stereocenters. The first-order valence-corrected chi connectivity index (χ1v) is 5.89. The minimum Gasteiger partial charge on any atom is -0.383 e. The van der Waals surface area contributed by atoms with E-state index in [4.69, 9.17) is 10.5 Å². The third kappa shape index (κ3) is 3.61. The Balaban J connectivity index is 2.64. The number of rotatable bonds is 5. The second-order valence-electron chi connectivity index (χ2n) is 3.97. The maximum Gasteiger partial charge on any atom is 0.146 e. The number of anilines is 2. The Labute approximate surface area is 104 Å². The van der Waals surface area contributed by atoms with Crippen molar-refractivity contribution in [3.05, 3.63) is 10.8 Å². The van der Waals surface area contributed by atoms with Gasteiger partial charge in [0, 0.05) is 13.2 Å². The van der Waals surface area contributed by atoms with Gasteiger partial charge in [-0.15, -0.1) is 0 Å². The average Bonchev–Trinajstić information content (AvgIpc) is 2.20. The molecule has 1 heterocycles. The van der Waals surface area contributed by atoms with Crippen LogP contribution in [0.3, 0.4) is 0 Å². The van der Waals surface area contributed by atoms with E-state index in [1.165, 1.54) is 6.33 Å². The van der Waals surface area contributed by atoms with Gasteiger partial charge in [-0.3, -0.25) is 0 Å². The molecule has 0 atom stereocenters. The van der Waals surface area contributed by atoms with Gasteiger partial charge in [-0.2, -0.15) is 0 Å². The van der Waals surface area contributed by atoms with Crippen LogP contribution < -0.4 is 11.1 Å². The third-order valence-electron chi connectivity index (χ3n) is 2.03. The summed E-state index contributed by atoms with van der Waals surface area (Å²) in [4.78, 5) is 7.97. The van der Waals surface area contributed by atoms with E-state index in [1.54, 1.807) is 0 Å². The van der Waals surface area contributed by atoms with Gasteiger partial charge in [-0.05, 0) is 36.7 Å². The molecule has 0 saturated heterocycles. The van der Waals surface area contributed by atoms with Gasteiger partial charge in [0.25, 0.3) is 0 Å². The molecular formula is C10H17BrN4O. The number of nitrogens with two attached hydrogens (primary N) is 1. The van der Waals surface area contributed by atoms with Crippen LogP contribution in [0.4, 0.5) is 11.6 Å². The summed E-state index contributed by atoms with van der Waals surface area (Å²) in [6.07, 6.45) is 1.43. The van der Waals surface area contributed by atoms with Crippen molar-refractivity contribution in [1.82, 2.24) is 9.97 Å². The maximum absolute atomic E-state index is 5.65. The van der Waals surface area contributed by atoms with Crippen molar-refractivity contribution in [3.63, 3.8) is 0 Å². The topological polar surface area (TPSA) is 73.1 Å². The number of hydrogen-bond acceptors (Lipinski definition) is 5. The molecule has 0 aliphatic rings. The zero-order valence-corrected chi connectivity index (χ0v) is 11.3. The van der Waals surface area contributed by atoms with Crippen molar-refractivity contribution >= 4 is 27.6 Å². The summed E-state index contributed by atoms with van der Waals surface area (Å²) in [7, 11) is 0. The minimum atomic E-state index is -0.242. The fourth-order valence-corrected chi connectivity index (χ4v) is 1.59. The highest BCUT2D eigenvalue weighted by molar-refractivity contribution is 9.10. The van der Waals surface area contributed by atoms with Crippen molar-refractivity contribution in [1.29, 1.82) is 0 Å². The summed E-state index contributed by atoms with van der Waals surface area (Å²) in [5.74, 6) is 1.10. The quantitative estimate of drug-likeness (QED) is 0.868. The van der Waals surface area contributed by atoms with Gasteiger partial charge < -0.3 is 15.8 Å². The average molecular weight is 289 g/mol. The second kappa shape index (κ2) is 5.45. The monoisotopic (exact) mass is 288 g/mol. The molecule has 0 saturated carbocycles. The number of aromatic nitrogens is 2. The van der Waals surface area contributed by atoms with Crippen molar-refractivity contribution < 1.29 is 4.74 Å². The van der Waals surface area contributed by atoms with Crippen LogP contribution in [-0.4, -0.2) is 28.7 Å². The number of ether oxygens (including phenoxy) is 1. The minimum absolute atomic E-state index is 0.242. The van der Waals surface area contributed by atoms with E-state index in [2.05, 4.69) is 31.2 Å². The summed E-state index contributed by atoms with van der Waals surface area (Å²) < 4.78 is 6.25. The van der Waals surface area contributed by atoms with Crippen LogP contribution >= 0.6 is 15.9 Å². The van der Waals surface area contributed by atoms with E-state index >= 15 is 0 Å². The molecule has 0 aliphatic heterocycles. The summed E-state index contributed by atoms with van der Waals surface area (Å²) in [5, 5.41) is 3.18. The lowest BCUT2D eigenvalue weighted by molar-refractivity contribution is 0.000632. The lowest BCUT2D eigenvalue weighted by atomic mass is 10.1. The molecule has 6 heteroatoms. The predicted octanol–water partition coefficient (Wildman–Crippen LogP) is 2.05. The van der Waals surface area contributed by atoms with Gasteiger partial charge in [0.2, 0.25) is 0 Å². The Kier molecular flexibility index (Phi) is 4.49. The lowest BCUT2D eigenvalue weighted by Crippen LogP contribution is -2.33. The zero-order chi connectivity index (χ0) is 12.2. The van der Waals surface area contributed by atoms with Crippen LogP contribution in [0.15, 0.2) is 10.8 Å². The molecule has 90 valence electrons. The summed E-state index contributed by atoms with van der Waals surface area (Å²) in [5.41, 5.74) is 5.41. The Morgan fingerprint density at radius 2 is 2.19 bits per heavy atom.